The van der Waals surface area contributed by atoms with E-state index in [0.717, 1.165) is 16.7 Å². The molecule has 18 heavy (non-hydrogen) atoms. The monoisotopic (exact) mass is 248 g/mol. The molecule has 98 valence electrons. The Morgan fingerprint density at radius 2 is 2.00 bits per heavy atom. The van der Waals surface area contributed by atoms with Crippen molar-refractivity contribution in [2.45, 2.75) is 32.4 Å². The molecule has 0 amide bonds. The SMILES string of the molecule is Cc1nc2cc(C(N(C)C)C(C)(C)O)ccc2o1. The number of aryl methyl sites for hydroxylation is 1. The first-order valence-corrected chi connectivity index (χ1v) is 6.05. The molecule has 4 nitrogen and oxygen atoms in total. The average Bonchev–Trinajstić information content (AvgIpc) is 2.54. The smallest absolute Gasteiger partial charge is 0.192 e. The van der Waals surface area contributed by atoms with Gasteiger partial charge in [-0.25, -0.2) is 4.98 Å². The number of aliphatic hydroxyl groups is 1. The van der Waals surface area contributed by atoms with Crippen molar-refractivity contribution in [2.24, 2.45) is 0 Å². The highest BCUT2D eigenvalue weighted by atomic mass is 16.3. The summed E-state index contributed by atoms with van der Waals surface area (Å²) in [7, 11) is 3.92. The summed E-state index contributed by atoms with van der Waals surface area (Å²) >= 11 is 0. The molecular weight excluding hydrogens is 228 g/mol. The second-order valence-electron chi connectivity index (χ2n) is 5.48. The second kappa shape index (κ2) is 4.37. The number of fused-ring (bicyclic) bond motifs is 1. The van der Waals surface area contributed by atoms with Gasteiger partial charge in [0, 0.05) is 6.92 Å². The van der Waals surface area contributed by atoms with Gasteiger partial charge in [-0.2, -0.15) is 0 Å². The van der Waals surface area contributed by atoms with E-state index in [1.807, 2.05) is 58.0 Å². The fraction of sp³-hybridized carbons (Fsp3) is 0.500. The Labute approximate surface area is 107 Å². The van der Waals surface area contributed by atoms with Gasteiger partial charge in [0.25, 0.3) is 0 Å². The molecule has 4 heteroatoms. The number of hydrogen-bond donors (Lipinski definition) is 1. The Bertz CT molecular complexity index is 552. The predicted molar refractivity (Wildman–Crippen MR) is 71.5 cm³/mol. The average molecular weight is 248 g/mol. The highest BCUT2D eigenvalue weighted by molar-refractivity contribution is 5.73. The van der Waals surface area contributed by atoms with Gasteiger partial charge in [-0.3, -0.25) is 4.90 Å². The number of oxazole rings is 1. The lowest BCUT2D eigenvalue weighted by Gasteiger charge is -2.35. The van der Waals surface area contributed by atoms with Gasteiger partial charge >= 0.3 is 0 Å². The fourth-order valence-electron chi connectivity index (χ4n) is 2.57. The third-order valence-electron chi connectivity index (χ3n) is 3.02. The molecule has 0 aliphatic heterocycles. The van der Waals surface area contributed by atoms with Crippen molar-refractivity contribution in [3.8, 4) is 0 Å². The van der Waals surface area contributed by atoms with Crippen LogP contribution in [0.3, 0.4) is 0 Å². The van der Waals surface area contributed by atoms with Gasteiger partial charge in [-0.1, -0.05) is 6.07 Å². The zero-order valence-electron chi connectivity index (χ0n) is 11.6. The normalized spacial score (nSPS) is 14.4. The molecule has 0 bridgehead atoms. The lowest BCUT2D eigenvalue weighted by atomic mass is 9.91. The van der Waals surface area contributed by atoms with Crippen molar-refractivity contribution >= 4 is 11.1 Å². The number of aromatic nitrogens is 1. The van der Waals surface area contributed by atoms with Crippen LogP contribution < -0.4 is 0 Å². The fourth-order valence-corrected chi connectivity index (χ4v) is 2.57. The van der Waals surface area contributed by atoms with Crippen molar-refractivity contribution < 1.29 is 9.52 Å². The number of nitrogens with zero attached hydrogens (tertiary/aromatic N) is 2. The topological polar surface area (TPSA) is 49.5 Å². The first-order valence-electron chi connectivity index (χ1n) is 6.05. The lowest BCUT2D eigenvalue weighted by Crippen LogP contribution is -2.38. The molecule has 0 radical (unpaired) electrons. The molecule has 0 aliphatic rings. The molecule has 0 fully saturated rings. The van der Waals surface area contributed by atoms with Crippen LogP contribution >= 0.6 is 0 Å². The van der Waals surface area contributed by atoms with Crippen molar-refractivity contribution in [2.75, 3.05) is 14.1 Å². The minimum Gasteiger partial charge on any atom is -0.441 e. The number of hydrogen-bond acceptors (Lipinski definition) is 4. The summed E-state index contributed by atoms with van der Waals surface area (Å²) in [5.74, 6) is 0.659. The van der Waals surface area contributed by atoms with Gasteiger partial charge in [-0.05, 0) is 45.6 Å². The number of benzene rings is 1. The van der Waals surface area contributed by atoms with Crippen molar-refractivity contribution in [1.82, 2.24) is 9.88 Å². The molecule has 0 saturated carbocycles. The van der Waals surface area contributed by atoms with Crippen LogP contribution in [0.15, 0.2) is 22.6 Å². The summed E-state index contributed by atoms with van der Waals surface area (Å²) in [6.45, 7) is 5.46. The van der Waals surface area contributed by atoms with E-state index >= 15 is 0 Å². The van der Waals surface area contributed by atoms with E-state index in [-0.39, 0.29) is 6.04 Å². The summed E-state index contributed by atoms with van der Waals surface area (Å²) in [5.41, 5.74) is 1.83. The van der Waals surface area contributed by atoms with Gasteiger partial charge in [0.15, 0.2) is 11.5 Å². The standard InChI is InChI=1S/C14H20N2O2/c1-9-15-11-8-10(6-7-12(11)18-9)13(16(4)5)14(2,3)17/h6-8,13,17H,1-5H3. The number of rotatable bonds is 3. The third-order valence-corrected chi connectivity index (χ3v) is 3.02. The van der Waals surface area contributed by atoms with Gasteiger partial charge in [-0.15, -0.1) is 0 Å². The molecule has 0 spiro atoms. The van der Waals surface area contributed by atoms with Crippen LogP contribution in [0, 0.1) is 6.92 Å². The van der Waals surface area contributed by atoms with Gasteiger partial charge in [0.1, 0.15) is 5.52 Å². The zero-order chi connectivity index (χ0) is 13.5. The molecule has 0 aliphatic carbocycles. The van der Waals surface area contributed by atoms with E-state index in [1.165, 1.54) is 0 Å². The Balaban J connectivity index is 2.51. The maximum absolute atomic E-state index is 10.3. The largest absolute Gasteiger partial charge is 0.441 e. The van der Waals surface area contributed by atoms with E-state index in [4.69, 9.17) is 4.42 Å². The van der Waals surface area contributed by atoms with Crippen LogP contribution in [0.2, 0.25) is 0 Å². The quantitative estimate of drug-likeness (QED) is 0.906. The van der Waals surface area contributed by atoms with E-state index < -0.39 is 5.60 Å². The molecule has 2 rings (SSSR count). The molecule has 1 N–H and O–H groups in total. The van der Waals surface area contributed by atoms with Crippen molar-refractivity contribution in [3.05, 3.63) is 29.7 Å². The number of likely N-dealkylation sites (N-methyl/N-ethyl adjacent to an activating group) is 1. The highest BCUT2D eigenvalue weighted by Gasteiger charge is 2.30. The van der Waals surface area contributed by atoms with Crippen molar-refractivity contribution in [3.63, 3.8) is 0 Å². The summed E-state index contributed by atoms with van der Waals surface area (Å²) < 4.78 is 5.46. The van der Waals surface area contributed by atoms with Crippen LogP contribution in [-0.2, 0) is 0 Å². The molecular formula is C14H20N2O2. The molecule has 2 aromatic rings. The molecule has 1 atom stereocenters. The molecule has 0 saturated heterocycles. The summed E-state index contributed by atoms with van der Waals surface area (Å²) in [5, 5.41) is 10.3. The predicted octanol–water partition coefficient (Wildman–Crippen LogP) is 2.51. The molecule has 1 aromatic heterocycles. The first kappa shape index (κ1) is 13.1. The van der Waals surface area contributed by atoms with Gasteiger partial charge in [0.05, 0.1) is 11.6 Å². The Kier molecular flexibility index (Phi) is 3.17. The Morgan fingerprint density at radius 3 is 2.56 bits per heavy atom. The minimum absolute atomic E-state index is 0.0843. The Morgan fingerprint density at radius 1 is 1.33 bits per heavy atom. The first-order chi connectivity index (χ1) is 8.29. The second-order valence-corrected chi connectivity index (χ2v) is 5.48. The van der Waals surface area contributed by atoms with Crippen LogP contribution in [0.4, 0.5) is 0 Å². The lowest BCUT2D eigenvalue weighted by molar-refractivity contribution is -0.00310. The summed E-state index contributed by atoms with van der Waals surface area (Å²) in [6.07, 6.45) is 0. The van der Waals surface area contributed by atoms with Crippen LogP contribution in [-0.4, -0.2) is 34.7 Å². The third kappa shape index (κ3) is 2.40. The van der Waals surface area contributed by atoms with Crippen LogP contribution in [0.25, 0.3) is 11.1 Å². The van der Waals surface area contributed by atoms with E-state index in [9.17, 15) is 5.11 Å². The van der Waals surface area contributed by atoms with E-state index in [0.29, 0.717) is 5.89 Å². The zero-order valence-corrected chi connectivity index (χ0v) is 11.6. The van der Waals surface area contributed by atoms with Crippen LogP contribution in [0.1, 0.15) is 31.3 Å². The summed E-state index contributed by atoms with van der Waals surface area (Å²) in [6, 6.07) is 5.79. The molecule has 1 aromatic carbocycles. The Hall–Kier alpha value is -1.39. The minimum atomic E-state index is -0.823. The van der Waals surface area contributed by atoms with E-state index in [1.54, 1.807) is 0 Å². The molecule has 1 unspecified atom stereocenters. The molecule has 1 heterocycles. The van der Waals surface area contributed by atoms with Gasteiger partial charge < -0.3 is 9.52 Å². The van der Waals surface area contributed by atoms with Gasteiger partial charge in [0.2, 0.25) is 0 Å². The maximum atomic E-state index is 10.3. The summed E-state index contributed by atoms with van der Waals surface area (Å²) in [4.78, 5) is 6.34. The van der Waals surface area contributed by atoms with E-state index in [2.05, 4.69) is 4.98 Å². The highest BCUT2D eigenvalue weighted by Crippen LogP contribution is 2.31. The maximum Gasteiger partial charge on any atom is 0.192 e. The van der Waals surface area contributed by atoms with Crippen molar-refractivity contribution in [1.29, 1.82) is 0 Å². The van der Waals surface area contributed by atoms with Crippen LogP contribution in [0.5, 0.6) is 0 Å².